The van der Waals surface area contributed by atoms with Gasteiger partial charge in [-0.3, -0.25) is 9.59 Å². The van der Waals surface area contributed by atoms with Gasteiger partial charge < -0.3 is 25.6 Å². The zero-order valence-electron chi connectivity index (χ0n) is 10.6. The summed E-state index contributed by atoms with van der Waals surface area (Å²) >= 11 is 0. The van der Waals surface area contributed by atoms with Gasteiger partial charge in [0, 0.05) is 0 Å². The summed E-state index contributed by atoms with van der Waals surface area (Å²) in [6, 6.07) is 2.89. The van der Waals surface area contributed by atoms with Crippen LogP contribution in [-0.4, -0.2) is 48.3 Å². The van der Waals surface area contributed by atoms with Crippen molar-refractivity contribution >= 4 is 24.0 Å². The first-order valence-electron chi connectivity index (χ1n) is 5.56. The van der Waals surface area contributed by atoms with E-state index in [1.54, 1.807) is 0 Å². The quantitative estimate of drug-likeness (QED) is 0.308. The summed E-state index contributed by atoms with van der Waals surface area (Å²) in [6.45, 7) is -0.647. The van der Waals surface area contributed by atoms with Gasteiger partial charge in [0.15, 0.2) is 11.8 Å². The Hall–Kier alpha value is -2.61. The van der Waals surface area contributed by atoms with E-state index >= 15 is 0 Å². The molecule has 0 saturated carbocycles. The Morgan fingerprint density at radius 3 is 2.70 bits per heavy atom. The first-order chi connectivity index (χ1) is 9.54. The number of ether oxygens (including phenoxy) is 1. The van der Waals surface area contributed by atoms with Crippen molar-refractivity contribution in [2.75, 3.05) is 19.0 Å². The predicted octanol–water partition coefficient (Wildman–Crippen LogP) is -0.776. The lowest BCUT2D eigenvalue weighted by atomic mass is 10.1. The van der Waals surface area contributed by atoms with E-state index in [-0.39, 0.29) is 11.3 Å². The number of aliphatic hydroxyl groups is 1. The molecule has 1 rings (SSSR count). The standard InChI is InChI=1S/C12H14N2O6/c1-20-12(19)9(5-15)14-11(18)7-3-2-4-8(10(7)17)13-6-16/h2-4,6,9,15,17H,5H2,1H3,(H,13,16)(H,14,18)/t9-/m0/s1. The largest absolute Gasteiger partial charge is 0.505 e. The van der Waals surface area contributed by atoms with Crippen LogP contribution in [0.4, 0.5) is 5.69 Å². The summed E-state index contributed by atoms with van der Waals surface area (Å²) in [4.78, 5) is 33.5. The third-order valence-corrected chi connectivity index (χ3v) is 2.47. The van der Waals surface area contributed by atoms with Gasteiger partial charge in [0.1, 0.15) is 0 Å². The van der Waals surface area contributed by atoms with Crippen LogP contribution in [-0.2, 0) is 14.3 Å². The number of carbonyl (C=O) groups excluding carboxylic acids is 3. The maximum Gasteiger partial charge on any atom is 0.330 e. The zero-order chi connectivity index (χ0) is 15.1. The molecule has 0 aliphatic heterocycles. The van der Waals surface area contributed by atoms with Gasteiger partial charge >= 0.3 is 5.97 Å². The minimum atomic E-state index is -1.24. The minimum absolute atomic E-state index is 0.0475. The number of amides is 2. The molecule has 20 heavy (non-hydrogen) atoms. The summed E-state index contributed by atoms with van der Waals surface area (Å²) < 4.78 is 4.40. The first-order valence-corrected chi connectivity index (χ1v) is 5.56. The van der Waals surface area contributed by atoms with E-state index < -0.39 is 30.3 Å². The van der Waals surface area contributed by atoms with Gasteiger partial charge in [-0.25, -0.2) is 4.79 Å². The van der Waals surface area contributed by atoms with Crippen LogP contribution in [0.5, 0.6) is 5.75 Å². The van der Waals surface area contributed by atoms with E-state index in [0.29, 0.717) is 6.41 Å². The van der Waals surface area contributed by atoms with Crippen molar-refractivity contribution in [2.24, 2.45) is 0 Å². The second-order valence-corrected chi connectivity index (χ2v) is 3.70. The fourth-order valence-electron chi connectivity index (χ4n) is 1.46. The molecular formula is C12H14N2O6. The molecule has 0 saturated heterocycles. The first kappa shape index (κ1) is 15.4. The summed E-state index contributed by atoms with van der Waals surface area (Å²) in [5.41, 5.74) is -0.106. The Labute approximate surface area is 114 Å². The molecule has 0 aliphatic carbocycles. The maximum atomic E-state index is 11.9. The van der Waals surface area contributed by atoms with E-state index in [0.717, 1.165) is 7.11 Å². The number of aromatic hydroxyl groups is 1. The van der Waals surface area contributed by atoms with E-state index in [4.69, 9.17) is 5.11 Å². The smallest absolute Gasteiger partial charge is 0.330 e. The predicted molar refractivity (Wildman–Crippen MR) is 68.1 cm³/mol. The third kappa shape index (κ3) is 3.45. The second-order valence-electron chi connectivity index (χ2n) is 3.70. The lowest BCUT2D eigenvalue weighted by Gasteiger charge is -2.15. The molecule has 0 aliphatic rings. The van der Waals surface area contributed by atoms with E-state index in [1.807, 2.05) is 0 Å². The molecule has 0 spiro atoms. The number of hydrogen-bond acceptors (Lipinski definition) is 6. The molecule has 4 N–H and O–H groups in total. The van der Waals surface area contributed by atoms with Crippen LogP contribution in [0.15, 0.2) is 18.2 Å². The zero-order valence-corrected chi connectivity index (χ0v) is 10.6. The number of nitrogens with one attached hydrogen (secondary N) is 2. The number of aliphatic hydroxyl groups excluding tert-OH is 1. The highest BCUT2D eigenvalue weighted by Crippen LogP contribution is 2.26. The summed E-state index contributed by atoms with van der Waals surface area (Å²) in [5.74, 6) is -2.05. The van der Waals surface area contributed by atoms with Crippen LogP contribution < -0.4 is 10.6 Å². The van der Waals surface area contributed by atoms with Crippen molar-refractivity contribution < 1.29 is 29.3 Å². The minimum Gasteiger partial charge on any atom is -0.505 e. The van der Waals surface area contributed by atoms with Gasteiger partial charge in [0.2, 0.25) is 6.41 Å². The number of carbonyl (C=O) groups is 3. The summed E-state index contributed by atoms with van der Waals surface area (Å²) in [7, 11) is 1.11. The molecule has 1 aromatic rings. The fraction of sp³-hybridized carbons (Fsp3) is 0.250. The van der Waals surface area contributed by atoms with Crippen molar-refractivity contribution in [3.8, 4) is 5.75 Å². The molecule has 2 amide bonds. The lowest BCUT2D eigenvalue weighted by molar-refractivity contribution is -0.143. The van der Waals surface area contributed by atoms with E-state index in [2.05, 4.69) is 15.4 Å². The highest BCUT2D eigenvalue weighted by molar-refractivity contribution is 6.01. The Bertz CT molecular complexity index is 517. The molecule has 0 fully saturated rings. The van der Waals surface area contributed by atoms with Crippen molar-refractivity contribution in [3.63, 3.8) is 0 Å². The van der Waals surface area contributed by atoms with Crippen LogP contribution in [0.2, 0.25) is 0 Å². The molecule has 0 bridgehead atoms. The van der Waals surface area contributed by atoms with Crippen LogP contribution in [0, 0.1) is 0 Å². The number of esters is 1. The highest BCUT2D eigenvalue weighted by atomic mass is 16.5. The number of anilines is 1. The molecule has 0 aromatic heterocycles. The van der Waals surface area contributed by atoms with E-state index in [9.17, 15) is 19.5 Å². The van der Waals surface area contributed by atoms with Gasteiger partial charge in [0.05, 0.1) is 25.0 Å². The number of methoxy groups -OCH3 is 1. The second kappa shape index (κ2) is 7.10. The molecule has 8 heteroatoms. The highest BCUT2D eigenvalue weighted by Gasteiger charge is 2.23. The third-order valence-electron chi connectivity index (χ3n) is 2.47. The van der Waals surface area contributed by atoms with Crippen LogP contribution >= 0.6 is 0 Å². The fourth-order valence-corrected chi connectivity index (χ4v) is 1.46. The van der Waals surface area contributed by atoms with Crippen molar-refractivity contribution in [1.29, 1.82) is 0 Å². The molecule has 0 unspecified atom stereocenters. The molecule has 0 radical (unpaired) electrons. The van der Waals surface area contributed by atoms with E-state index in [1.165, 1.54) is 18.2 Å². The SMILES string of the molecule is COC(=O)[C@H](CO)NC(=O)c1cccc(NC=O)c1O. The molecule has 108 valence electrons. The molecule has 0 heterocycles. The molecular weight excluding hydrogens is 268 g/mol. The average Bonchev–Trinajstić information content (AvgIpc) is 2.46. The summed E-state index contributed by atoms with van der Waals surface area (Å²) in [6.07, 6.45) is 0.349. The van der Waals surface area contributed by atoms with Gasteiger partial charge in [-0.2, -0.15) is 0 Å². The molecule has 1 atom stereocenters. The Balaban J connectivity index is 2.94. The Morgan fingerprint density at radius 2 is 2.15 bits per heavy atom. The average molecular weight is 282 g/mol. The molecule has 8 nitrogen and oxygen atoms in total. The van der Waals surface area contributed by atoms with Crippen LogP contribution in [0.1, 0.15) is 10.4 Å². The number of phenols is 1. The van der Waals surface area contributed by atoms with Crippen molar-refractivity contribution in [2.45, 2.75) is 6.04 Å². The van der Waals surface area contributed by atoms with Gasteiger partial charge in [-0.05, 0) is 12.1 Å². The molecule has 1 aromatic carbocycles. The number of hydrogen-bond donors (Lipinski definition) is 4. The van der Waals surface area contributed by atoms with Crippen LogP contribution in [0.25, 0.3) is 0 Å². The summed E-state index contributed by atoms with van der Waals surface area (Å²) in [5, 5.41) is 23.2. The lowest BCUT2D eigenvalue weighted by Crippen LogP contribution is -2.44. The Kier molecular flexibility index (Phi) is 5.48. The van der Waals surface area contributed by atoms with Gasteiger partial charge in [0.25, 0.3) is 5.91 Å². The Morgan fingerprint density at radius 1 is 1.45 bits per heavy atom. The maximum absolute atomic E-state index is 11.9. The monoisotopic (exact) mass is 282 g/mol. The topological polar surface area (TPSA) is 125 Å². The number of phenolic OH excluding ortho intramolecular Hbond substituents is 1. The van der Waals surface area contributed by atoms with Crippen molar-refractivity contribution in [1.82, 2.24) is 5.32 Å². The van der Waals surface area contributed by atoms with Crippen LogP contribution in [0.3, 0.4) is 0 Å². The van der Waals surface area contributed by atoms with Gasteiger partial charge in [-0.1, -0.05) is 6.07 Å². The van der Waals surface area contributed by atoms with Gasteiger partial charge in [-0.15, -0.1) is 0 Å². The number of rotatable bonds is 6. The normalized spacial score (nSPS) is 11.3. The number of para-hydroxylation sites is 1. The van der Waals surface area contributed by atoms with Crippen molar-refractivity contribution in [3.05, 3.63) is 23.8 Å². The number of benzene rings is 1.